The Balaban J connectivity index is 3.08. The second-order valence-electron chi connectivity index (χ2n) is 1.74. The summed E-state index contributed by atoms with van der Waals surface area (Å²) in [6.45, 7) is 0. The van der Waals surface area contributed by atoms with Gasteiger partial charge in [-0.05, 0) is 22.6 Å². The van der Waals surface area contributed by atoms with Crippen molar-refractivity contribution in [2.45, 2.75) is 0 Å². The quantitative estimate of drug-likeness (QED) is 0.604. The number of rotatable bonds is 0. The van der Waals surface area contributed by atoms with Crippen LogP contribution >= 0.6 is 22.6 Å². The Morgan fingerprint density at radius 3 is 2.70 bits per heavy atom. The average Bonchev–Trinajstić information content (AvgIpc) is 1.81. The first-order valence-corrected chi connectivity index (χ1v) is 4.90. The Kier molecular flexibility index (Phi) is 1.99. The maximum Gasteiger partial charge on any atom is 0.343 e. The molecule has 1 heterocycles. The molecule has 0 N–H and O–H groups in total. The number of hydrogen-bond acceptors (Lipinski definition) is 2. The summed E-state index contributed by atoms with van der Waals surface area (Å²) in [5.41, 5.74) is 0. The monoisotopic (exact) mass is 272 g/mol. The molecular weight excluding hydrogens is 267 g/mol. The fourth-order valence-electron chi connectivity index (χ4n) is 0.465. The molecule has 0 fully saturated rings. The molecule has 0 unspecified atom stereocenters. The molecule has 0 aromatic rings. The van der Waals surface area contributed by atoms with Gasteiger partial charge in [-0.3, -0.25) is 4.31 Å². The first-order valence-electron chi connectivity index (χ1n) is 2.43. The lowest BCUT2D eigenvalue weighted by molar-refractivity contribution is 0.540. The van der Waals surface area contributed by atoms with Crippen molar-refractivity contribution in [3.05, 3.63) is 9.78 Å². The maximum atomic E-state index is 10.8. The van der Waals surface area contributed by atoms with E-state index in [0.717, 1.165) is 7.89 Å². The smallest absolute Gasteiger partial charge is 0.261 e. The fourth-order valence-corrected chi connectivity index (χ4v) is 2.04. The van der Waals surface area contributed by atoms with E-state index < -0.39 is 10.2 Å². The van der Waals surface area contributed by atoms with Crippen LogP contribution in [0.2, 0.25) is 0 Å². The van der Waals surface area contributed by atoms with E-state index in [9.17, 15) is 8.42 Å². The van der Waals surface area contributed by atoms with E-state index in [0.29, 0.717) is 0 Å². The number of nitrogens with zero attached hydrogens (tertiary/aromatic N) is 2. The molecule has 6 heteroatoms. The molecule has 0 amide bonds. The van der Waals surface area contributed by atoms with Gasteiger partial charge in [-0.2, -0.15) is 12.8 Å². The molecule has 56 valence electrons. The second-order valence-corrected chi connectivity index (χ2v) is 4.67. The van der Waals surface area contributed by atoms with Crippen LogP contribution in [0.3, 0.4) is 0 Å². The van der Waals surface area contributed by atoms with Crippen LogP contribution in [0, 0.1) is 0 Å². The van der Waals surface area contributed by atoms with Crippen molar-refractivity contribution in [1.82, 2.24) is 4.31 Å². The van der Waals surface area contributed by atoms with E-state index in [1.165, 1.54) is 19.5 Å². The Bertz CT molecular complexity index is 292. The molecule has 0 atom stereocenters. The van der Waals surface area contributed by atoms with Gasteiger partial charge < -0.3 is 0 Å². The summed E-state index contributed by atoms with van der Waals surface area (Å²) in [5, 5.41) is 0. The van der Waals surface area contributed by atoms with Gasteiger partial charge in [0.25, 0.3) is 0 Å². The lowest BCUT2D eigenvalue weighted by atomic mass is 10.7. The molecule has 0 spiro atoms. The highest BCUT2D eigenvalue weighted by molar-refractivity contribution is 14.1. The van der Waals surface area contributed by atoms with Crippen LogP contribution in [0.25, 0.3) is 0 Å². The summed E-state index contributed by atoms with van der Waals surface area (Å²) >= 11 is 1.99. The highest BCUT2D eigenvalue weighted by atomic mass is 127. The molecule has 0 bridgehead atoms. The topological polar surface area (TPSA) is 49.7 Å². The third kappa shape index (κ3) is 1.48. The maximum absolute atomic E-state index is 10.8. The molecule has 10 heavy (non-hydrogen) atoms. The number of allylic oxidation sites excluding steroid dienone is 1. The third-order valence-electron chi connectivity index (χ3n) is 0.978. The minimum Gasteiger partial charge on any atom is -0.261 e. The normalized spacial score (nSPS) is 22.6. The average molecular weight is 272 g/mol. The van der Waals surface area contributed by atoms with Crippen LogP contribution in [0.1, 0.15) is 0 Å². The number of halogens is 1. The molecule has 1 aliphatic heterocycles. The van der Waals surface area contributed by atoms with E-state index in [1.54, 1.807) is 0 Å². The van der Waals surface area contributed by atoms with Crippen molar-refractivity contribution in [2.75, 3.05) is 7.05 Å². The summed E-state index contributed by atoms with van der Waals surface area (Å²) in [7, 11) is -1.92. The minimum absolute atomic E-state index is 0.801. The molecule has 1 rings (SSSR count). The number of hydrogen-bond donors (Lipinski definition) is 0. The predicted molar refractivity (Wildman–Crippen MR) is 47.3 cm³/mol. The summed E-state index contributed by atoms with van der Waals surface area (Å²) < 4.78 is 26.8. The molecule has 0 saturated carbocycles. The van der Waals surface area contributed by atoms with Crippen molar-refractivity contribution in [2.24, 2.45) is 4.40 Å². The van der Waals surface area contributed by atoms with Crippen LogP contribution in [-0.4, -0.2) is 26.0 Å². The predicted octanol–water partition coefficient (Wildman–Crippen LogP) is 0.524. The summed E-state index contributed by atoms with van der Waals surface area (Å²) in [6, 6.07) is 0. The van der Waals surface area contributed by atoms with Gasteiger partial charge in [0, 0.05) is 16.8 Å². The van der Waals surface area contributed by atoms with Gasteiger partial charge in [-0.15, -0.1) is 0 Å². The molecule has 4 nitrogen and oxygen atoms in total. The summed E-state index contributed by atoms with van der Waals surface area (Å²) in [4.78, 5) is 0. The van der Waals surface area contributed by atoms with Crippen molar-refractivity contribution < 1.29 is 8.42 Å². The fraction of sp³-hybridized carbons (Fsp3) is 0.250. The van der Waals surface area contributed by atoms with Crippen LogP contribution in [0.5, 0.6) is 0 Å². The molecule has 0 aromatic carbocycles. The third-order valence-corrected chi connectivity index (χ3v) is 2.74. The van der Waals surface area contributed by atoms with Crippen molar-refractivity contribution >= 4 is 39.0 Å². The van der Waals surface area contributed by atoms with E-state index in [2.05, 4.69) is 4.40 Å². The van der Waals surface area contributed by atoms with E-state index >= 15 is 0 Å². The second kappa shape index (κ2) is 2.50. The summed E-state index contributed by atoms with van der Waals surface area (Å²) in [6.07, 6.45) is 2.82. The lowest BCUT2D eigenvalue weighted by Crippen LogP contribution is -2.21. The van der Waals surface area contributed by atoms with Gasteiger partial charge in [-0.25, -0.2) is 0 Å². The summed E-state index contributed by atoms with van der Waals surface area (Å²) in [5.74, 6) is 0. The minimum atomic E-state index is -3.37. The standard InChI is InChI=1S/C4H5IN2O2S/c1-7-3-4(5)2-6-10(7,8)9/h2-3H,1H3. The van der Waals surface area contributed by atoms with E-state index in [4.69, 9.17) is 0 Å². The van der Waals surface area contributed by atoms with Gasteiger partial charge in [-0.1, -0.05) is 0 Å². The first-order chi connectivity index (χ1) is 4.52. The lowest BCUT2D eigenvalue weighted by Gasteiger charge is -2.13. The molecule has 1 aliphatic rings. The van der Waals surface area contributed by atoms with Gasteiger partial charge in [0.1, 0.15) is 0 Å². The van der Waals surface area contributed by atoms with Crippen molar-refractivity contribution in [3.8, 4) is 0 Å². The first kappa shape index (κ1) is 7.99. The highest BCUT2D eigenvalue weighted by Gasteiger charge is 2.15. The Morgan fingerprint density at radius 2 is 2.30 bits per heavy atom. The zero-order valence-corrected chi connectivity index (χ0v) is 8.13. The van der Waals surface area contributed by atoms with Crippen LogP contribution in [0.4, 0.5) is 0 Å². The Hall–Kier alpha value is -0.110. The largest absolute Gasteiger partial charge is 0.343 e. The molecule has 0 aromatic heterocycles. The molecular formula is C4H5IN2O2S. The van der Waals surface area contributed by atoms with E-state index in [1.807, 2.05) is 22.6 Å². The van der Waals surface area contributed by atoms with Crippen LogP contribution in [-0.2, 0) is 10.2 Å². The Morgan fingerprint density at radius 1 is 1.70 bits per heavy atom. The SMILES string of the molecule is CN1C=C(I)C=NS1(=O)=O. The van der Waals surface area contributed by atoms with Crippen LogP contribution in [0.15, 0.2) is 14.2 Å². The van der Waals surface area contributed by atoms with Gasteiger partial charge in [0.2, 0.25) is 0 Å². The Labute approximate surface area is 73.0 Å². The van der Waals surface area contributed by atoms with Gasteiger partial charge in [0.05, 0.1) is 6.21 Å². The highest BCUT2D eigenvalue weighted by Crippen LogP contribution is 2.13. The van der Waals surface area contributed by atoms with Crippen molar-refractivity contribution in [3.63, 3.8) is 0 Å². The zero-order chi connectivity index (χ0) is 7.78. The van der Waals surface area contributed by atoms with Crippen LogP contribution < -0.4 is 0 Å². The molecule has 0 radical (unpaired) electrons. The van der Waals surface area contributed by atoms with Gasteiger partial charge in [0.15, 0.2) is 0 Å². The van der Waals surface area contributed by atoms with Crippen molar-refractivity contribution in [1.29, 1.82) is 0 Å². The van der Waals surface area contributed by atoms with Gasteiger partial charge >= 0.3 is 10.2 Å². The molecule has 0 saturated heterocycles. The zero-order valence-electron chi connectivity index (χ0n) is 5.15. The molecule has 0 aliphatic carbocycles. The van der Waals surface area contributed by atoms with E-state index in [-0.39, 0.29) is 0 Å².